The topological polar surface area (TPSA) is 72.9 Å². The van der Waals surface area contributed by atoms with Gasteiger partial charge in [-0.2, -0.15) is 5.10 Å². The van der Waals surface area contributed by atoms with Crippen molar-refractivity contribution in [3.8, 4) is 0 Å². The molecule has 0 radical (unpaired) electrons. The summed E-state index contributed by atoms with van der Waals surface area (Å²) < 4.78 is 1.78. The van der Waals surface area contributed by atoms with E-state index in [1.54, 1.807) is 4.68 Å². The summed E-state index contributed by atoms with van der Waals surface area (Å²) in [5.41, 5.74) is 9.98. The highest BCUT2D eigenvalue weighted by Gasteiger charge is 2.21. The van der Waals surface area contributed by atoms with Gasteiger partial charge in [0.05, 0.1) is 5.69 Å². The van der Waals surface area contributed by atoms with Gasteiger partial charge in [-0.15, -0.1) is 12.4 Å². The lowest BCUT2D eigenvalue weighted by Gasteiger charge is -2.08. The van der Waals surface area contributed by atoms with Gasteiger partial charge in [0.25, 0.3) is 0 Å². The van der Waals surface area contributed by atoms with Gasteiger partial charge in [-0.05, 0) is 37.3 Å². The Balaban J connectivity index is 0.00000176. The van der Waals surface area contributed by atoms with Crippen LogP contribution in [-0.4, -0.2) is 15.7 Å². The normalized spacial score (nSPS) is 12.6. The predicted octanol–water partition coefficient (Wildman–Crippen LogP) is 2.48. The molecule has 0 atom stereocenters. The minimum Gasteiger partial charge on any atom is -0.399 e. The molecular formula is C16H21ClN4O. The second-order valence-electron chi connectivity index (χ2n) is 5.50. The van der Waals surface area contributed by atoms with E-state index in [1.807, 2.05) is 31.3 Å². The van der Waals surface area contributed by atoms with E-state index < -0.39 is 0 Å². The Kier molecular flexibility index (Phi) is 5.08. The van der Waals surface area contributed by atoms with Gasteiger partial charge < -0.3 is 11.1 Å². The maximum atomic E-state index is 12.2. The monoisotopic (exact) mass is 320 g/mol. The zero-order valence-corrected chi connectivity index (χ0v) is 13.4. The lowest BCUT2D eigenvalue weighted by molar-refractivity contribution is -0.116. The SMILES string of the molecule is Cl.Cn1nc2c(c1NC(=O)CCc1ccccc1N)CCC2. The van der Waals surface area contributed by atoms with E-state index in [-0.39, 0.29) is 18.3 Å². The van der Waals surface area contributed by atoms with Crippen molar-refractivity contribution in [3.63, 3.8) is 0 Å². The first kappa shape index (κ1) is 16.4. The number of hydrogen-bond acceptors (Lipinski definition) is 3. The third kappa shape index (κ3) is 3.25. The van der Waals surface area contributed by atoms with E-state index in [0.717, 1.165) is 42.0 Å². The number of nitrogens with zero attached hydrogens (tertiary/aromatic N) is 2. The lowest BCUT2D eigenvalue weighted by Crippen LogP contribution is -2.16. The number of halogens is 1. The highest BCUT2D eigenvalue weighted by molar-refractivity contribution is 5.91. The molecule has 3 rings (SSSR count). The number of nitrogens with one attached hydrogen (secondary N) is 1. The molecule has 0 aliphatic heterocycles. The van der Waals surface area contributed by atoms with Crippen molar-refractivity contribution in [2.24, 2.45) is 7.05 Å². The van der Waals surface area contributed by atoms with E-state index in [0.29, 0.717) is 12.8 Å². The van der Waals surface area contributed by atoms with Crippen molar-refractivity contribution in [3.05, 3.63) is 41.1 Å². The Morgan fingerprint density at radius 1 is 1.36 bits per heavy atom. The summed E-state index contributed by atoms with van der Waals surface area (Å²) in [6.45, 7) is 0. The Labute approximate surface area is 136 Å². The maximum absolute atomic E-state index is 12.2. The molecule has 1 aromatic carbocycles. The molecule has 0 saturated heterocycles. The Bertz CT molecular complexity index is 681. The number of rotatable bonds is 4. The summed E-state index contributed by atoms with van der Waals surface area (Å²) in [7, 11) is 1.88. The number of carbonyl (C=O) groups is 1. The minimum absolute atomic E-state index is 0. The van der Waals surface area contributed by atoms with E-state index in [1.165, 1.54) is 5.56 Å². The first-order valence-electron chi connectivity index (χ1n) is 7.33. The van der Waals surface area contributed by atoms with Gasteiger partial charge in [0.2, 0.25) is 5.91 Å². The lowest BCUT2D eigenvalue weighted by atomic mass is 10.1. The fraction of sp³-hybridized carbons (Fsp3) is 0.375. The molecule has 1 amide bonds. The van der Waals surface area contributed by atoms with Crippen LogP contribution in [0.4, 0.5) is 11.5 Å². The molecule has 1 aliphatic carbocycles. The molecule has 0 saturated carbocycles. The van der Waals surface area contributed by atoms with Crippen LogP contribution in [0.15, 0.2) is 24.3 Å². The van der Waals surface area contributed by atoms with Crippen LogP contribution < -0.4 is 11.1 Å². The number of para-hydroxylation sites is 1. The summed E-state index contributed by atoms with van der Waals surface area (Å²) in [6, 6.07) is 7.67. The molecule has 2 aromatic rings. The number of carbonyl (C=O) groups excluding carboxylic acids is 1. The number of amides is 1. The van der Waals surface area contributed by atoms with Crippen LogP contribution in [0.2, 0.25) is 0 Å². The molecule has 22 heavy (non-hydrogen) atoms. The fourth-order valence-electron chi connectivity index (χ4n) is 2.88. The molecule has 3 N–H and O–H groups in total. The van der Waals surface area contributed by atoms with Gasteiger partial charge in [-0.25, -0.2) is 0 Å². The van der Waals surface area contributed by atoms with Crippen molar-refractivity contribution in [1.29, 1.82) is 0 Å². The van der Waals surface area contributed by atoms with Crippen molar-refractivity contribution in [1.82, 2.24) is 9.78 Å². The van der Waals surface area contributed by atoms with Gasteiger partial charge in [0, 0.05) is 24.7 Å². The molecule has 1 aliphatic rings. The number of nitrogen functional groups attached to an aromatic ring is 1. The van der Waals surface area contributed by atoms with Crippen molar-refractivity contribution in [2.75, 3.05) is 11.1 Å². The third-order valence-electron chi connectivity index (χ3n) is 4.00. The van der Waals surface area contributed by atoms with Gasteiger partial charge in [-0.3, -0.25) is 9.48 Å². The van der Waals surface area contributed by atoms with Gasteiger partial charge in [0.1, 0.15) is 5.82 Å². The van der Waals surface area contributed by atoms with E-state index in [4.69, 9.17) is 5.73 Å². The van der Waals surface area contributed by atoms with Gasteiger partial charge in [-0.1, -0.05) is 18.2 Å². The number of aromatic nitrogens is 2. The van der Waals surface area contributed by atoms with Crippen LogP contribution in [0.5, 0.6) is 0 Å². The maximum Gasteiger partial charge on any atom is 0.225 e. The van der Waals surface area contributed by atoms with Gasteiger partial charge >= 0.3 is 0 Å². The zero-order chi connectivity index (χ0) is 14.8. The third-order valence-corrected chi connectivity index (χ3v) is 4.00. The van der Waals surface area contributed by atoms with E-state index in [9.17, 15) is 4.79 Å². The largest absolute Gasteiger partial charge is 0.399 e. The Morgan fingerprint density at radius 3 is 2.91 bits per heavy atom. The molecule has 6 heteroatoms. The molecule has 0 unspecified atom stereocenters. The van der Waals surface area contributed by atoms with Crippen LogP contribution in [0.1, 0.15) is 29.7 Å². The number of anilines is 2. The number of benzene rings is 1. The Hall–Kier alpha value is -2.01. The Morgan fingerprint density at radius 2 is 2.14 bits per heavy atom. The molecule has 0 spiro atoms. The van der Waals surface area contributed by atoms with Crippen LogP contribution in [0, 0.1) is 0 Å². The average Bonchev–Trinajstić information content (AvgIpc) is 3.01. The first-order chi connectivity index (χ1) is 10.1. The van der Waals surface area contributed by atoms with Crippen LogP contribution in [-0.2, 0) is 31.1 Å². The number of fused-ring (bicyclic) bond motifs is 1. The van der Waals surface area contributed by atoms with Crippen molar-refractivity contribution >= 4 is 29.8 Å². The van der Waals surface area contributed by atoms with Crippen LogP contribution >= 0.6 is 12.4 Å². The molecular weight excluding hydrogens is 300 g/mol. The summed E-state index contributed by atoms with van der Waals surface area (Å²) in [5.74, 6) is 0.865. The standard InChI is InChI=1S/C16H20N4O.ClH/c1-20-16(12-6-4-8-14(12)19-20)18-15(21)10-9-11-5-2-3-7-13(11)17;/h2-3,5,7H,4,6,8-10,17H2,1H3,(H,18,21);1H. The molecule has 0 bridgehead atoms. The summed E-state index contributed by atoms with van der Waals surface area (Å²) in [6.07, 6.45) is 4.22. The molecule has 1 aromatic heterocycles. The highest BCUT2D eigenvalue weighted by Crippen LogP contribution is 2.28. The number of nitrogens with two attached hydrogens (primary N) is 1. The number of aryl methyl sites for hydroxylation is 3. The number of hydrogen-bond donors (Lipinski definition) is 2. The zero-order valence-electron chi connectivity index (χ0n) is 12.6. The molecule has 0 fully saturated rings. The average molecular weight is 321 g/mol. The highest BCUT2D eigenvalue weighted by atomic mass is 35.5. The quantitative estimate of drug-likeness (QED) is 0.850. The first-order valence-corrected chi connectivity index (χ1v) is 7.33. The van der Waals surface area contributed by atoms with Crippen LogP contribution in [0.3, 0.4) is 0 Å². The summed E-state index contributed by atoms with van der Waals surface area (Å²) >= 11 is 0. The smallest absolute Gasteiger partial charge is 0.225 e. The molecule has 1 heterocycles. The van der Waals surface area contributed by atoms with Gasteiger partial charge in [0.15, 0.2) is 0 Å². The summed E-state index contributed by atoms with van der Waals surface area (Å²) in [5, 5.41) is 7.46. The molecule has 5 nitrogen and oxygen atoms in total. The summed E-state index contributed by atoms with van der Waals surface area (Å²) in [4.78, 5) is 12.2. The van der Waals surface area contributed by atoms with Crippen molar-refractivity contribution < 1.29 is 4.79 Å². The van der Waals surface area contributed by atoms with Crippen molar-refractivity contribution in [2.45, 2.75) is 32.1 Å². The second kappa shape index (κ2) is 6.83. The van der Waals surface area contributed by atoms with Crippen LogP contribution in [0.25, 0.3) is 0 Å². The molecule has 118 valence electrons. The minimum atomic E-state index is 0. The fourth-order valence-corrected chi connectivity index (χ4v) is 2.88. The predicted molar refractivity (Wildman–Crippen MR) is 90.3 cm³/mol. The second-order valence-corrected chi connectivity index (χ2v) is 5.50. The van der Waals surface area contributed by atoms with E-state index in [2.05, 4.69) is 10.4 Å². The van der Waals surface area contributed by atoms with E-state index >= 15 is 0 Å².